The highest BCUT2D eigenvalue weighted by atomic mass is 15.0. The van der Waals surface area contributed by atoms with Crippen LogP contribution in [0.25, 0.3) is 0 Å². The second-order valence-corrected chi connectivity index (χ2v) is 4.66. The van der Waals surface area contributed by atoms with Crippen LogP contribution in [0, 0.1) is 16.6 Å². The molecule has 0 amide bonds. The van der Waals surface area contributed by atoms with Gasteiger partial charge in [-0.3, -0.25) is 0 Å². The highest BCUT2D eigenvalue weighted by Gasteiger charge is 2.10. The summed E-state index contributed by atoms with van der Waals surface area (Å²) in [6.07, 6.45) is 7.70. The molecule has 0 radical (unpaired) electrons. The second-order valence-electron chi connectivity index (χ2n) is 4.66. The van der Waals surface area contributed by atoms with Crippen LogP contribution >= 0.6 is 0 Å². The van der Waals surface area contributed by atoms with Crippen LogP contribution in [0.1, 0.15) is 58.3 Å². The minimum absolute atomic E-state index is 0.101. The number of unbranched alkanes of at least 4 members (excludes halogenated alkanes) is 1. The molecule has 0 fully saturated rings. The highest BCUT2D eigenvalue weighted by molar-refractivity contribution is 4.68. The molecular weight excluding hydrogens is 228 g/mol. The van der Waals surface area contributed by atoms with E-state index in [1.807, 2.05) is 0 Å². The van der Waals surface area contributed by atoms with Gasteiger partial charge >= 0.3 is 0 Å². The van der Waals surface area contributed by atoms with Crippen molar-refractivity contribution >= 4 is 0 Å². The summed E-state index contributed by atoms with van der Waals surface area (Å²) in [5, 5.41) is 10.6. The number of hydrogen-bond donors (Lipinski definition) is 3. The smallest absolute Gasteiger partial charge is 0.0705 e. The van der Waals surface area contributed by atoms with Gasteiger partial charge in [-0.05, 0) is 44.9 Å². The first-order valence-corrected chi connectivity index (χ1v) is 6.84. The lowest BCUT2D eigenvalue weighted by Crippen LogP contribution is -2.08. The van der Waals surface area contributed by atoms with Gasteiger partial charge in [-0.25, -0.2) is 16.6 Å². The molecule has 0 heterocycles. The Morgan fingerprint density at radius 2 is 1.33 bits per heavy atom. The molecule has 0 aromatic heterocycles. The van der Waals surface area contributed by atoms with Crippen molar-refractivity contribution in [2.24, 2.45) is 15.3 Å². The topological polar surface area (TPSA) is 109 Å². The molecule has 0 spiro atoms. The van der Waals surface area contributed by atoms with E-state index in [0.717, 1.165) is 51.4 Å². The van der Waals surface area contributed by atoms with Crippen molar-refractivity contribution in [1.82, 2.24) is 0 Å². The molecule has 0 aromatic carbocycles. The zero-order chi connectivity index (χ0) is 13.6. The Bertz CT molecular complexity index is 231. The average molecular weight is 254 g/mol. The SMILES string of the molecule is CCCC(CCCC(CCCCN=N)N=N)N=N. The Morgan fingerprint density at radius 1 is 0.778 bits per heavy atom. The summed E-state index contributed by atoms with van der Waals surface area (Å²) in [5.41, 5.74) is 20.9. The molecule has 0 saturated heterocycles. The molecule has 2 unspecified atom stereocenters. The molecule has 0 aliphatic heterocycles. The summed E-state index contributed by atoms with van der Waals surface area (Å²) < 4.78 is 0. The monoisotopic (exact) mass is 254 g/mol. The molecule has 0 saturated carbocycles. The third kappa shape index (κ3) is 8.90. The highest BCUT2D eigenvalue weighted by Crippen LogP contribution is 2.16. The molecule has 104 valence electrons. The van der Waals surface area contributed by atoms with Crippen LogP contribution in [0.2, 0.25) is 0 Å². The van der Waals surface area contributed by atoms with Crippen molar-refractivity contribution in [3.8, 4) is 0 Å². The van der Waals surface area contributed by atoms with Gasteiger partial charge in [-0.15, -0.1) is 0 Å². The first kappa shape index (κ1) is 16.8. The maximum atomic E-state index is 7.16. The summed E-state index contributed by atoms with van der Waals surface area (Å²) in [4.78, 5) is 0. The van der Waals surface area contributed by atoms with Gasteiger partial charge in [0.1, 0.15) is 0 Å². The molecule has 0 aromatic rings. The largest absolute Gasteiger partial charge is 0.210 e. The van der Waals surface area contributed by atoms with Gasteiger partial charge in [0.15, 0.2) is 0 Å². The quantitative estimate of drug-likeness (QED) is 0.305. The van der Waals surface area contributed by atoms with Crippen molar-refractivity contribution in [3.05, 3.63) is 0 Å². The van der Waals surface area contributed by atoms with E-state index in [1.165, 1.54) is 0 Å². The number of hydrogen-bond acceptors (Lipinski definition) is 6. The van der Waals surface area contributed by atoms with E-state index in [2.05, 4.69) is 22.3 Å². The third-order valence-electron chi connectivity index (χ3n) is 3.12. The molecule has 6 heteroatoms. The molecule has 3 N–H and O–H groups in total. The molecule has 6 nitrogen and oxygen atoms in total. The van der Waals surface area contributed by atoms with Crippen molar-refractivity contribution in [1.29, 1.82) is 16.6 Å². The van der Waals surface area contributed by atoms with E-state index in [4.69, 9.17) is 16.6 Å². The fourth-order valence-corrected chi connectivity index (χ4v) is 2.04. The maximum absolute atomic E-state index is 7.16. The van der Waals surface area contributed by atoms with Gasteiger partial charge in [-0.1, -0.05) is 13.3 Å². The lowest BCUT2D eigenvalue weighted by atomic mass is 10.0. The summed E-state index contributed by atoms with van der Waals surface area (Å²) in [6, 6.07) is 0.257. The van der Waals surface area contributed by atoms with E-state index in [-0.39, 0.29) is 12.1 Å². The molecule has 18 heavy (non-hydrogen) atoms. The minimum Gasteiger partial charge on any atom is -0.210 e. The standard InChI is InChI=1S/C12H26N6/c1-2-6-11(17-14)8-5-9-12(18-15)7-3-4-10-16-13/h11-15H,2-10H2,1H3. The zero-order valence-corrected chi connectivity index (χ0v) is 11.4. The van der Waals surface area contributed by atoms with Crippen LogP contribution in [-0.4, -0.2) is 18.6 Å². The van der Waals surface area contributed by atoms with Crippen LogP contribution in [0.15, 0.2) is 15.3 Å². The van der Waals surface area contributed by atoms with E-state index < -0.39 is 0 Å². The Balaban J connectivity index is 3.68. The summed E-state index contributed by atoms with van der Waals surface area (Å²) in [7, 11) is 0. The lowest BCUT2D eigenvalue weighted by Gasteiger charge is -2.12. The van der Waals surface area contributed by atoms with Crippen molar-refractivity contribution in [3.63, 3.8) is 0 Å². The third-order valence-corrected chi connectivity index (χ3v) is 3.12. The number of rotatable bonds is 13. The van der Waals surface area contributed by atoms with Crippen molar-refractivity contribution in [2.45, 2.75) is 70.4 Å². The predicted octanol–water partition coefficient (Wildman–Crippen LogP) is 4.96. The van der Waals surface area contributed by atoms with Crippen molar-refractivity contribution in [2.75, 3.05) is 6.54 Å². The summed E-state index contributed by atoms with van der Waals surface area (Å²) in [6.45, 7) is 2.69. The van der Waals surface area contributed by atoms with Crippen LogP contribution < -0.4 is 0 Å². The van der Waals surface area contributed by atoms with Crippen LogP contribution in [0.3, 0.4) is 0 Å². The van der Waals surface area contributed by atoms with Crippen LogP contribution in [0.4, 0.5) is 0 Å². The first-order valence-electron chi connectivity index (χ1n) is 6.84. The summed E-state index contributed by atoms with van der Waals surface area (Å²) >= 11 is 0. The molecular formula is C12H26N6. The van der Waals surface area contributed by atoms with Gasteiger partial charge in [-0.2, -0.15) is 15.3 Å². The summed E-state index contributed by atoms with van der Waals surface area (Å²) in [5.74, 6) is 0. The fourth-order valence-electron chi connectivity index (χ4n) is 2.04. The fraction of sp³-hybridized carbons (Fsp3) is 1.00. The zero-order valence-electron chi connectivity index (χ0n) is 11.4. The van der Waals surface area contributed by atoms with E-state index >= 15 is 0 Å². The molecule has 0 aliphatic rings. The minimum atomic E-state index is 0.101. The van der Waals surface area contributed by atoms with Gasteiger partial charge in [0.2, 0.25) is 0 Å². The Labute approximate surface area is 109 Å². The van der Waals surface area contributed by atoms with Crippen molar-refractivity contribution < 1.29 is 0 Å². The number of nitrogens with one attached hydrogen (secondary N) is 3. The van der Waals surface area contributed by atoms with Gasteiger partial charge < -0.3 is 0 Å². The first-order chi connectivity index (χ1) is 8.78. The molecule has 0 aliphatic carbocycles. The lowest BCUT2D eigenvalue weighted by molar-refractivity contribution is 0.449. The Kier molecular flexibility index (Phi) is 11.4. The molecule has 2 atom stereocenters. The Hall–Kier alpha value is -1.20. The number of nitrogens with zero attached hydrogens (tertiary/aromatic N) is 3. The predicted molar refractivity (Wildman–Crippen MR) is 70.5 cm³/mol. The maximum Gasteiger partial charge on any atom is 0.0705 e. The van der Waals surface area contributed by atoms with Gasteiger partial charge in [0.05, 0.1) is 18.6 Å². The van der Waals surface area contributed by atoms with Crippen LogP contribution in [0.5, 0.6) is 0 Å². The average Bonchev–Trinajstić information content (AvgIpc) is 2.40. The normalized spacial score (nSPS) is 13.8. The van der Waals surface area contributed by atoms with Gasteiger partial charge in [0.25, 0.3) is 0 Å². The van der Waals surface area contributed by atoms with Crippen LogP contribution in [-0.2, 0) is 0 Å². The van der Waals surface area contributed by atoms with Gasteiger partial charge in [0, 0.05) is 0 Å². The van der Waals surface area contributed by atoms with E-state index in [1.54, 1.807) is 0 Å². The van der Waals surface area contributed by atoms with E-state index in [9.17, 15) is 0 Å². The molecule has 0 rings (SSSR count). The Morgan fingerprint density at radius 3 is 1.83 bits per heavy atom. The molecule has 0 bridgehead atoms. The van der Waals surface area contributed by atoms with E-state index in [0.29, 0.717) is 6.54 Å². The second kappa shape index (κ2) is 12.3.